The topological polar surface area (TPSA) is 0 Å². The van der Waals surface area contributed by atoms with Gasteiger partial charge in [0.05, 0.1) is 0 Å². The van der Waals surface area contributed by atoms with E-state index in [4.69, 9.17) is 0 Å². The lowest BCUT2D eigenvalue weighted by atomic mass is 10.0. The van der Waals surface area contributed by atoms with Crippen LogP contribution in [0.2, 0.25) is 0 Å². The summed E-state index contributed by atoms with van der Waals surface area (Å²) in [5, 5.41) is 1.17. The zero-order valence-corrected chi connectivity index (χ0v) is 8.78. The van der Waals surface area contributed by atoms with E-state index in [9.17, 15) is 0 Å². The normalized spacial score (nSPS) is 13.5. The third-order valence-corrected chi connectivity index (χ3v) is 2.36. The van der Waals surface area contributed by atoms with E-state index in [0.717, 1.165) is 5.92 Å². The van der Waals surface area contributed by atoms with E-state index in [1.54, 1.807) is 0 Å². The van der Waals surface area contributed by atoms with E-state index in [1.807, 2.05) is 0 Å². The SMILES string of the molecule is CCCCC[C@@H](C)CCBr. The van der Waals surface area contributed by atoms with Crippen LogP contribution < -0.4 is 0 Å². The zero-order chi connectivity index (χ0) is 7.82. The first-order valence-electron chi connectivity index (χ1n) is 4.37. The van der Waals surface area contributed by atoms with Crippen LogP contribution in [0.1, 0.15) is 46.0 Å². The Kier molecular flexibility index (Phi) is 7.95. The summed E-state index contributed by atoms with van der Waals surface area (Å²) in [5.41, 5.74) is 0. The molecule has 62 valence electrons. The summed E-state index contributed by atoms with van der Waals surface area (Å²) in [6.45, 7) is 4.60. The number of alkyl halides is 1. The van der Waals surface area contributed by atoms with Crippen molar-refractivity contribution in [1.82, 2.24) is 0 Å². The van der Waals surface area contributed by atoms with Crippen molar-refractivity contribution in [2.45, 2.75) is 46.0 Å². The monoisotopic (exact) mass is 206 g/mol. The van der Waals surface area contributed by atoms with Gasteiger partial charge in [-0.25, -0.2) is 0 Å². The molecule has 0 aliphatic heterocycles. The third-order valence-electron chi connectivity index (χ3n) is 1.90. The first kappa shape index (κ1) is 10.5. The van der Waals surface area contributed by atoms with Crippen LogP contribution in [0, 0.1) is 5.92 Å². The number of hydrogen-bond donors (Lipinski definition) is 0. The van der Waals surface area contributed by atoms with Crippen LogP contribution >= 0.6 is 15.9 Å². The molecule has 0 saturated heterocycles. The molecular weight excluding hydrogens is 188 g/mol. The van der Waals surface area contributed by atoms with Gasteiger partial charge < -0.3 is 0 Å². The predicted octanol–water partition coefficient (Wildman–Crippen LogP) is 3.99. The molecule has 0 aromatic rings. The second-order valence-electron chi connectivity index (χ2n) is 3.08. The van der Waals surface area contributed by atoms with Crippen molar-refractivity contribution in [1.29, 1.82) is 0 Å². The largest absolute Gasteiger partial charge is 0.0928 e. The molecule has 0 aromatic heterocycles. The van der Waals surface area contributed by atoms with Crippen molar-refractivity contribution in [3.05, 3.63) is 0 Å². The van der Waals surface area contributed by atoms with Gasteiger partial charge in [-0.2, -0.15) is 0 Å². The highest BCUT2D eigenvalue weighted by molar-refractivity contribution is 9.09. The van der Waals surface area contributed by atoms with Gasteiger partial charge in [-0.05, 0) is 12.3 Å². The Morgan fingerprint density at radius 3 is 2.40 bits per heavy atom. The zero-order valence-electron chi connectivity index (χ0n) is 7.20. The van der Waals surface area contributed by atoms with Crippen LogP contribution in [-0.2, 0) is 0 Å². The molecule has 1 atom stereocenters. The Bertz CT molecular complexity index is 61.7. The Hall–Kier alpha value is 0.480. The summed E-state index contributed by atoms with van der Waals surface area (Å²) in [5.74, 6) is 0.922. The van der Waals surface area contributed by atoms with Crippen molar-refractivity contribution in [2.75, 3.05) is 5.33 Å². The molecule has 0 nitrogen and oxygen atoms in total. The van der Waals surface area contributed by atoms with Gasteiger partial charge in [-0.3, -0.25) is 0 Å². The van der Waals surface area contributed by atoms with Crippen LogP contribution in [0.4, 0.5) is 0 Å². The van der Waals surface area contributed by atoms with Crippen molar-refractivity contribution < 1.29 is 0 Å². The Morgan fingerprint density at radius 2 is 1.90 bits per heavy atom. The van der Waals surface area contributed by atoms with E-state index in [1.165, 1.54) is 37.4 Å². The summed E-state index contributed by atoms with van der Waals surface area (Å²) < 4.78 is 0. The predicted molar refractivity (Wildman–Crippen MR) is 51.7 cm³/mol. The van der Waals surface area contributed by atoms with Gasteiger partial charge in [-0.1, -0.05) is 55.5 Å². The lowest BCUT2D eigenvalue weighted by Crippen LogP contribution is -1.94. The Balaban J connectivity index is 2.97. The molecule has 0 bridgehead atoms. The number of unbranched alkanes of at least 4 members (excludes halogenated alkanes) is 2. The maximum Gasteiger partial charge on any atom is 0.00338 e. The Morgan fingerprint density at radius 1 is 1.20 bits per heavy atom. The summed E-state index contributed by atoms with van der Waals surface area (Å²) >= 11 is 3.46. The molecule has 0 heterocycles. The molecule has 0 aliphatic carbocycles. The lowest BCUT2D eigenvalue weighted by molar-refractivity contribution is 0.486. The first-order valence-corrected chi connectivity index (χ1v) is 5.49. The minimum atomic E-state index is 0.922. The summed E-state index contributed by atoms with van der Waals surface area (Å²) in [4.78, 5) is 0. The average molecular weight is 207 g/mol. The second-order valence-corrected chi connectivity index (χ2v) is 3.87. The molecule has 0 radical (unpaired) electrons. The molecule has 0 saturated carbocycles. The van der Waals surface area contributed by atoms with E-state index in [0.29, 0.717) is 0 Å². The van der Waals surface area contributed by atoms with Crippen molar-refractivity contribution in [3.8, 4) is 0 Å². The van der Waals surface area contributed by atoms with Crippen LogP contribution in [0.15, 0.2) is 0 Å². The lowest BCUT2D eigenvalue weighted by Gasteiger charge is -2.07. The fourth-order valence-electron chi connectivity index (χ4n) is 1.07. The van der Waals surface area contributed by atoms with Gasteiger partial charge in [0, 0.05) is 5.33 Å². The van der Waals surface area contributed by atoms with Crippen molar-refractivity contribution in [2.24, 2.45) is 5.92 Å². The highest BCUT2D eigenvalue weighted by Crippen LogP contribution is 2.13. The first-order chi connectivity index (χ1) is 4.81. The summed E-state index contributed by atoms with van der Waals surface area (Å²) in [6.07, 6.45) is 6.93. The standard InChI is InChI=1S/C9H19Br/c1-3-4-5-6-9(2)7-8-10/h9H,3-8H2,1-2H3/t9-/m1/s1. The summed E-state index contributed by atoms with van der Waals surface area (Å²) in [6, 6.07) is 0. The minimum Gasteiger partial charge on any atom is -0.0928 e. The Labute approximate surface area is 73.5 Å². The quantitative estimate of drug-likeness (QED) is 0.456. The van der Waals surface area contributed by atoms with Crippen molar-refractivity contribution >= 4 is 15.9 Å². The number of rotatable bonds is 6. The van der Waals surface area contributed by atoms with Gasteiger partial charge in [0.2, 0.25) is 0 Å². The maximum absolute atomic E-state index is 3.46. The van der Waals surface area contributed by atoms with Crippen LogP contribution in [0.25, 0.3) is 0 Å². The molecule has 10 heavy (non-hydrogen) atoms. The van der Waals surface area contributed by atoms with E-state index < -0.39 is 0 Å². The smallest absolute Gasteiger partial charge is 0.00338 e. The van der Waals surface area contributed by atoms with E-state index in [2.05, 4.69) is 29.8 Å². The van der Waals surface area contributed by atoms with Gasteiger partial charge in [0.25, 0.3) is 0 Å². The molecule has 1 heteroatoms. The maximum atomic E-state index is 3.46. The molecule has 0 rings (SSSR count). The molecule has 0 aromatic carbocycles. The van der Waals surface area contributed by atoms with Gasteiger partial charge >= 0.3 is 0 Å². The molecule has 0 fully saturated rings. The van der Waals surface area contributed by atoms with E-state index in [-0.39, 0.29) is 0 Å². The fourth-order valence-corrected chi connectivity index (χ4v) is 1.85. The van der Waals surface area contributed by atoms with Gasteiger partial charge in [-0.15, -0.1) is 0 Å². The van der Waals surface area contributed by atoms with Gasteiger partial charge in [0.15, 0.2) is 0 Å². The minimum absolute atomic E-state index is 0.922. The van der Waals surface area contributed by atoms with Crippen LogP contribution in [-0.4, -0.2) is 5.33 Å². The molecule has 0 N–H and O–H groups in total. The third kappa shape index (κ3) is 6.60. The molecule has 0 amide bonds. The molecule has 0 aliphatic rings. The second kappa shape index (κ2) is 7.59. The summed E-state index contributed by atoms with van der Waals surface area (Å²) in [7, 11) is 0. The number of halogens is 1. The number of hydrogen-bond acceptors (Lipinski definition) is 0. The molecular formula is C9H19Br. The van der Waals surface area contributed by atoms with Crippen molar-refractivity contribution in [3.63, 3.8) is 0 Å². The molecule has 0 spiro atoms. The molecule has 0 unspecified atom stereocenters. The highest BCUT2D eigenvalue weighted by atomic mass is 79.9. The van der Waals surface area contributed by atoms with E-state index >= 15 is 0 Å². The van der Waals surface area contributed by atoms with Crippen LogP contribution in [0.5, 0.6) is 0 Å². The average Bonchev–Trinajstić information content (AvgIpc) is 1.89. The van der Waals surface area contributed by atoms with Crippen LogP contribution in [0.3, 0.4) is 0 Å². The van der Waals surface area contributed by atoms with Gasteiger partial charge in [0.1, 0.15) is 0 Å². The highest BCUT2D eigenvalue weighted by Gasteiger charge is 1.98. The fraction of sp³-hybridized carbons (Fsp3) is 1.00.